The number of carbonyl (C=O) groups is 1. The Bertz CT molecular complexity index is 216. The second kappa shape index (κ2) is 8.66. The molecule has 0 aromatic carbocycles. The summed E-state index contributed by atoms with van der Waals surface area (Å²) in [6.45, 7) is 10.2. The highest BCUT2D eigenvalue weighted by atomic mass is 28.3. The predicted octanol–water partition coefficient (Wildman–Crippen LogP) is 2.01. The van der Waals surface area contributed by atoms with Crippen molar-refractivity contribution in [3.05, 3.63) is 0 Å². The average molecular weight is 261 g/mol. The van der Waals surface area contributed by atoms with Crippen molar-refractivity contribution in [1.29, 1.82) is 0 Å². The number of hydrogen-bond donors (Lipinski definition) is 1. The topological polar surface area (TPSA) is 61.5 Å². The van der Waals surface area contributed by atoms with Crippen LogP contribution < -0.4 is 5.73 Å². The van der Waals surface area contributed by atoms with Gasteiger partial charge in [0, 0.05) is 14.7 Å². The van der Waals surface area contributed by atoms with Gasteiger partial charge in [-0.05, 0) is 12.5 Å². The summed E-state index contributed by atoms with van der Waals surface area (Å²) in [6, 6.07) is 0.329. The Hall–Kier alpha value is -0.393. The van der Waals surface area contributed by atoms with Crippen LogP contribution in [0, 0.1) is 0 Å². The molecule has 0 heterocycles. The van der Waals surface area contributed by atoms with Crippen molar-refractivity contribution in [2.24, 2.45) is 5.73 Å². The first kappa shape index (κ1) is 16.6. The van der Waals surface area contributed by atoms with Crippen LogP contribution in [0.15, 0.2) is 0 Å². The zero-order valence-electron chi connectivity index (χ0n) is 11.6. The lowest BCUT2D eigenvalue weighted by molar-refractivity contribution is -0.146. The number of unbranched alkanes of at least 4 members (excludes halogenated alkanes) is 1. The molecule has 0 aliphatic heterocycles. The Morgan fingerprint density at radius 2 is 1.94 bits per heavy atom. The summed E-state index contributed by atoms with van der Waals surface area (Å²) in [5, 5.41) is 0. The van der Waals surface area contributed by atoms with Gasteiger partial charge in [-0.1, -0.05) is 33.0 Å². The monoisotopic (exact) mass is 261 g/mol. The first-order chi connectivity index (χ1) is 7.87. The van der Waals surface area contributed by atoms with Gasteiger partial charge >= 0.3 is 5.97 Å². The molecule has 0 radical (unpaired) electrons. The highest BCUT2D eigenvalue weighted by molar-refractivity contribution is 6.76. The summed E-state index contributed by atoms with van der Waals surface area (Å²) in [6.07, 6.45) is 2.08. The molecule has 0 aromatic heterocycles. The third-order valence-corrected chi connectivity index (χ3v) is 4.04. The standard InChI is InChI=1S/C12H27NO3Si/c1-5-6-7-15-10-11(13)12(14)16-8-9-17(2,3)4/h11H,5-10,13H2,1-4H3/t11-/m1/s1. The molecule has 4 nitrogen and oxygen atoms in total. The number of rotatable bonds is 9. The first-order valence-electron chi connectivity index (χ1n) is 6.37. The Kier molecular flexibility index (Phi) is 8.46. The zero-order valence-corrected chi connectivity index (χ0v) is 12.6. The first-order valence-corrected chi connectivity index (χ1v) is 10.1. The van der Waals surface area contributed by atoms with Crippen molar-refractivity contribution >= 4 is 14.0 Å². The summed E-state index contributed by atoms with van der Waals surface area (Å²) in [7, 11) is -1.14. The number of hydrogen-bond acceptors (Lipinski definition) is 4. The quantitative estimate of drug-likeness (QED) is 0.392. The van der Waals surface area contributed by atoms with E-state index in [0.29, 0.717) is 13.2 Å². The summed E-state index contributed by atoms with van der Waals surface area (Å²) in [4.78, 5) is 11.5. The average Bonchev–Trinajstić information content (AvgIpc) is 2.22. The maximum Gasteiger partial charge on any atom is 0.325 e. The van der Waals surface area contributed by atoms with Crippen molar-refractivity contribution in [1.82, 2.24) is 0 Å². The molecule has 0 aromatic rings. The molecular weight excluding hydrogens is 234 g/mol. The molecule has 102 valence electrons. The van der Waals surface area contributed by atoms with Crippen molar-refractivity contribution < 1.29 is 14.3 Å². The minimum atomic E-state index is -1.14. The van der Waals surface area contributed by atoms with E-state index in [9.17, 15) is 4.79 Å². The third kappa shape index (κ3) is 10.5. The van der Waals surface area contributed by atoms with Crippen LogP contribution in [-0.2, 0) is 14.3 Å². The van der Waals surface area contributed by atoms with E-state index in [0.717, 1.165) is 18.9 Å². The van der Waals surface area contributed by atoms with Crippen LogP contribution in [-0.4, -0.2) is 39.9 Å². The second-order valence-electron chi connectivity index (χ2n) is 5.51. The molecule has 0 aliphatic carbocycles. The van der Waals surface area contributed by atoms with Crippen LogP contribution in [0.3, 0.4) is 0 Å². The minimum Gasteiger partial charge on any atom is -0.465 e. The minimum absolute atomic E-state index is 0.256. The van der Waals surface area contributed by atoms with E-state index in [-0.39, 0.29) is 12.6 Å². The number of ether oxygens (including phenoxy) is 2. The van der Waals surface area contributed by atoms with E-state index in [1.165, 1.54) is 0 Å². The predicted molar refractivity (Wildman–Crippen MR) is 72.8 cm³/mol. The van der Waals surface area contributed by atoms with Gasteiger partial charge in [0.25, 0.3) is 0 Å². The molecule has 0 aliphatic rings. The highest BCUT2D eigenvalue weighted by Crippen LogP contribution is 2.07. The molecule has 0 spiro atoms. The fourth-order valence-electron chi connectivity index (χ4n) is 1.09. The van der Waals surface area contributed by atoms with Crippen LogP contribution in [0.2, 0.25) is 25.7 Å². The molecule has 0 saturated heterocycles. The zero-order chi connectivity index (χ0) is 13.3. The van der Waals surface area contributed by atoms with E-state index in [2.05, 4.69) is 26.6 Å². The normalized spacial score (nSPS) is 13.5. The van der Waals surface area contributed by atoms with E-state index in [1.807, 2.05) is 0 Å². The molecule has 0 unspecified atom stereocenters. The molecule has 0 bridgehead atoms. The summed E-state index contributed by atoms with van der Waals surface area (Å²) in [5.74, 6) is -0.347. The van der Waals surface area contributed by atoms with Crippen molar-refractivity contribution in [3.8, 4) is 0 Å². The molecule has 17 heavy (non-hydrogen) atoms. The molecule has 1 atom stereocenters. The van der Waals surface area contributed by atoms with E-state index in [1.54, 1.807) is 0 Å². The van der Waals surface area contributed by atoms with E-state index < -0.39 is 14.1 Å². The SMILES string of the molecule is CCCCOC[C@@H](N)C(=O)OCC[Si](C)(C)C. The fraction of sp³-hybridized carbons (Fsp3) is 0.917. The van der Waals surface area contributed by atoms with Crippen LogP contribution in [0.25, 0.3) is 0 Å². The molecule has 0 rings (SSSR count). The summed E-state index contributed by atoms with van der Waals surface area (Å²) < 4.78 is 10.4. The van der Waals surface area contributed by atoms with Gasteiger partial charge in [0.1, 0.15) is 6.04 Å². The Balaban J connectivity index is 3.60. The van der Waals surface area contributed by atoms with Crippen molar-refractivity contribution in [2.75, 3.05) is 19.8 Å². The maximum absolute atomic E-state index is 11.5. The molecule has 0 fully saturated rings. The van der Waals surface area contributed by atoms with E-state index in [4.69, 9.17) is 15.2 Å². The van der Waals surface area contributed by atoms with Crippen molar-refractivity contribution in [2.45, 2.75) is 51.5 Å². The van der Waals surface area contributed by atoms with Crippen LogP contribution in [0.1, 0.15) is 19.8 Å². The molecular formula is C12H27NO3Si. The molecule has 5 heteroatoms. The number of nitrogens with two attached hydrogens (primary N) is 1. The molecule has 0 amide bonds. The molecule has 0 saturated carbocycles. The van der Waals surface area contributed by atoms with Crippen LogP contribution in [0.5, 0.6) is 0 Å². The number of carbonyl (C=O) groups excluding carboxylic acids is 1. The van der Waals surface area contributed by atoms with Crippen LogP contribution in [0.4, 0.5) is 0 Å². The Labute approximate surface area is 106 Å². The van der Waals surface area contributed by atoms with Gasteiger partial charge in [0.15, 0.2) is 0 Å². The van der Waals surface area contributed by atoms with Gasteiger partial charge in [-0.25, -0.2) is 0 Å². The second-order valence-corrected chi connectivity index (χ2v) is 11.1. The Morgan fingerprint density at radius 3 is 2.47 bits per heavy atom. The van der Waals surface area contributed by atoms with Gasteiger partial charge in [-0.15, -0.1) is 0 Å². The lowest BCUT2D eigenvalue weighted by Crippen LogP contribution is -2.37. The number of esters is 1. The lowest BCUT2D eigenvalue weighted by Gasteiger charge is -2.17. The molecule has 2 N–H and O–H groups in total. The van der Waals surface area contributed by atoms with Gasteiger partial charge < -0.3 is 15.2 Å². The van der Waals surface area contributed by atoms with Gasteiger partial charge in [-0.3, -0.25) is 4.79 Å². The lowest BCUT2D eigenvalue weighted by atomic mass is 10.3. The van der Waals surface area contributed by atoms with Crippen LogP contribution >= 0.6 is 0 Å². The summed E-state index contributed by atoms with van der Waals surface area (Å²) in [5.41, 5.74) is 5.66. The largest absolute Gasteiger partial charge is 0.465 e. The fourth-order valence-corrected chi connectivity index (χ4v) is 1.80. The third-order valence-electron chi connectivity index (χ3n) is 2.34. The van der Waals surface area contributed by atoms with Gasteiger partial charge in [0.05, 0.1) is 13.2 Å². The Morgan fingerprint density at radius 1 is 1.29 bits per heavy atom. The van der Waals surface area contributed by atoms with E-state index >= 15 is 0 Å². The highest BCUT2D eigenvalue weighted by Gasteiger charge is 2.17. The van der Waals surface area contributed by atoms with Gasteiger partial charge in [-0.2, -0.15) is 0 Å². The van der Waals surface area contributed by atoms with Crippen molar-refractivity contribution in [3.63, 3.8) is 0 Å². The van der Waals surface area contributed by atoms with Gasteiger partial charge in [0.2, 0.25) is 0 Å². The summed E-state index contributed by atoms with van der Waals surface area (Å²) >= 11 is 0. The smallest absolute Gasteiger partial charge is 0.325 e. The maximum atomic E-state index is 11.5.